The Morgan fingerprint density at radius 1 is 1.00 bits per heavy atom. The first kappa shape index (κ1) is 21.0. The summed E-state index contributed by atoms with van der Waals surface area (Å²) >= 11 is 0. The normalized spacial score (nSPS) is 17.4. The van der Waals surface area contributed by atoms with Gasteiger partial charge in [-0.25, -0.2) is 8.42 Å². The predicted molar refractivity (Wildman–Crippen MR) is 116 cm³/mol. The highest BCUT2D eigenvalue weighted by atomic mass is 32.2. The van der Waals surface area contributed by atoms with Crippen LogP contribution in [0.25, 0.3) is 0 Å². The van der Waals surface area contributed by atoms with E-state index in [1.54, 1.807) is 14.2 Å². The summed E-state index contributed by atoms with van der Waals surface area (Å²) in [7, 11) is 0.00509. The molecule has 7 nitrogen and oxygen atoms in total. The van der Waals surface area contributed by atoms with Crippen molar-refractivity contribution in [1.29, 1.82) is 0 Å². The number of fused-ring (bicyclic) bond motifs is 2. The van der Waals surface area contributed by atoms with Crippen molar-refractivity contribution in [2.24, 2.45) is 0 Å². The summed E-state index contributed by atoms with van der Waals surface area (Å²) in [4.78, 5) is 2.23. The SMILES string of the molecule is COc1cc2c(cc1OC)CN(CC(O)c1ccc3c(c1)CCN3S(C)(=O)=O)CC2. The zero-order chi connectivity index (χ0) is 21.5. The second-order valence-electron chi connectivity index (χ2n) is 7.95. The molecule has 8 heteroatoms. The summed E-state index contributed by atoms with van der Waals surface area (Å²) in [5.41, 5.74) is 4.95. The molecule has 0 spiro atoms. The highest BCUT2D eigenvalue weighted by Gasteiger charge is 2.27. The number of methoxy groups -OCH3 is 2. The molecule has 0 radical (unpaired) electrons. The van der Waals surface area contributed by atoms with Gasteiger partial charge in [-0.3, -0.25) is 9.21 Å². The Labute approximate surface area is 177 Å². The summed E-state index contributed by atoms with van der Waals surface area (Å²) in [5.74, 6) is 1.46. The molecule has 30 heavy (non-hydrogen) atoms. The monoisotopic (exact) mass is 432 g/mol. The largest absolute Gasteiger partial charge is 0.493 e. The molecule has 1 atom stereocenters. The molecule has 0 bridgehead atoms. The Morgan fingerprint density at radius 3 is 2.33 bits per heavy atom. The Morgan fingerprint density at radius 2 is 1.67 bits per heavy atom. The van der Waals surface area contributed by atoms with E-state index in [2.05, 4.69) is 4.90 Å². The number of hydrogen-bond donors (Lipinski definition) is 1. The molecule has 0 aliphatic carbocycles. The summed E-state index contributed by atoms with van der Waals surface area (Å²) in [6, 6.07) is 9.64. The fraction of sp³-hybridized carbons (Fsp3) is 0.455. The zero-order valence-corrected chi connectivity index (χ0v) is 18.4. The quantitative estimate of drug-likeness (QED) is 0.753. The van der Waals surface area contributed by atoms with E-state index in [0.717, 1.165) is 42.1 Å². The average molecular weight is 433 g/mol. The van der Waals surface area contributed by atoms with Gasteiger partial charge in [0.2, 0.25) is 10.0 Å². The minimum atomic E-state index is -3.27. The van der Waals surface area contributed by atoms with Crippen LogP contribution in [0, 0.1) is 0 Å². The van der Waals surface area contributed by atoms with Crippen molar-refractivity contribution < 1.29 is 23.0 Å². The minimum absolute atomic E-state index is 0.460. The van der Waals surface area contributed by atoms with Gasteiger partial charge in [0.05, 0.1) is 32.3 Å². The van der Waals surface area contributed by atoms with Crippen LogP contribution in [0.4, 0.5) is 5.69 Å². The Hall–Kier alpha value is -2.29. The maximum absolute atomic E-state index is 11.9. The maximum atomic E-state index is 11.9. The number of hydrogen-bond acceptors (Lipinski definition) is 6. The molecular weight excluding hydrogens is 404 g/mol. The second-order valence-corrected chi connectivity index (χ2v) is 9.86. The topological polar surface area (TPSA) is 79.3 Å². The number of aliphatic hydroxyl groups excluding tert-OH is 1. The first-order valence-corrected chi connectivity index (χ1v) is 11.9. The van der Waals surface area contributed by atoms with Gasteiger partial charge in [0, 0.05) is 26.2 Å². The maximum Gasteiger partial charge on any atom is 0.232 e. The van der Waals surface area contributed by atoms with Crippen LogP contribution in [0.3, 0.4) is 0 Å². The number of anilines is 1. The average Bonchev–Trinajstić information content (AvgIpc) is 3.16. The summed E-state index contributed by atoms with van der Waals surface area (Å²) in [6.07, 6.45) is 2.14. The van der Waals surface area contributed by atoms with Crippen LogP contribution < -0.4 is 13.8 Å². The van der Waals surface area contributed by atoms with Gasteiger partial charge < -0.3 is 14.6 Å². The van der Waals surface area contributed by atoms with Crippen molar-refractivity contribution in [3.63, 3.8) is 0 Å². The number of aliphatic hydroxyl groups is 1. The summed E-state index contributed by atoms with van der Waals surface area (Å²) in [5, 5.41) is 10.8. The number of β-amino-alcohol motifs (C(OH)–C–C–N with tert-alkyl or cyclic N) is 1. The van der Waals surface area contributed by atoms with E-state index < -0.39 is 16.1 Å². The molecule has 0 saturated carbocycles. The Balaban J connectivity index is 1.47. The van der Waals surface area contributed by atoms with E-state index in [0.29, 0.717) is 25.3 Å². The van der Waals surface area contributed by atoms with Crippen molar-refractivity contribution in [2.75, 3.05) is 44.4 Å². The summed E-state index contributed by atoms with van der Waals surface area (Å²) < 4.78 is 36.1. The number of nitrogens with zero attached hydrogens (tertiary/aromatic N) is 2. The van der Waals surface area contributed by atoms with Crippen molar-refractivity contribution in [1.82, 2.24) is 4.90 Å². The van der Waals surface area contributed by atoms with Gasteiger partial charge in [-0.05, 0) is 53.3 Å². The van der Waals surface area contributed by atoms with Crippen LogP contribution in [-0.2, 0) is 29.4 Å². The number of sulfonamides is 1. The molecule has 2 aliphatic heterocycles. The van der Waals surface area contributed by atoms with Crippen LogP contribution in [0.1, 0.15) is 28.4 Å². The second kappa shape index (κ2) is 8.09. The van der Waals surface area contributed by atoms with Crippen molar-refractivity contribution in [3.8, 4) is 11.5 Å². The van der Waals surface area contributed by atoms with Crippen molar-refractivity contribution in [2.45, 2.75) is 25.5 Å². The third kappa shape index (κ3) is 3.99. The van der Waals surface area contributed by atoms with Gasteiger partial charge in [0.25, 0.3) is 0 Å². The highest BCUT2D eigenvalue weighted by molar-refractivity contribution is 7.92. The molecular formula is C22H28N2O5S. The van der Waals surface area contributed by atoms with Gasteiger partial charge in [0.15, 0.2) is 11.5 Å². The van der Waals surface area contributed by atoms with Gasteiger partial charge in [-0.1, -0.05) is 12.1 Å². The van der Waals surface area contributed by atoms with E-state index in [-0.39, 0.29) is 0 Å². The first-order chi connectivity index (χ1) is 14.3. The Kier molecular flexibility index (Phi) is 5.65. The van der Waals surface area contributed by atoms with Gasteiger partial charge in [-0.2, -0.15) is 0 Å². The van der Waals surface area contributed by atoms with E-state index in [1.807, 2.05) is 30.3 Å². The predicted octanol–water partition coefficient (Wildman–Crippen LogP) is 2.12. The van der Waals surface area contributed by atoms with Crippen LogP contribution in [-0.4, -0.2) is 58.5 Å². The van der Waals surface area contributed by atoms with E-state index >= 15 is 0 Å². The number of rotatable bonds is 6. The lowest BCUT2D eigenvalue weighted by Gasteiger charge is -2.31. The third-order valence-corrected chi connectivity index (χ3v) is 7.15. The minimum Gasteiger partial charge on any atom is -0.493 e. The molecule has 2 aliphatic rings. The van der Waals surface area contributed by atoms with E-state index in [1.165, 1.54) is 21.7 Å². The fourth-order valence-electron chi connectivity index (χ4n) is 4.39. The van der Waals surface area contributed by atoms with E-state index in [4.69, 9.17) is 9.47 Å². The van der Waals surface area contributed by atoms with E-state index in [9.17, 15) is 13.5 Å². The highest BCUT2D eigenvalue weighted by Crippen LogP contribution is 2.35. The third-order valence-electron chi connectivity index (χ3n) is 5.97. The van der Waals surface area contributed by atoms with Gasteiger partial charge >= 0.3 is 0 Å². The molecule has 0 aromatic heterocycles. The van der Waals surface area contributed by atoms with Crippen LogP contribution in [0.15, 0.2) is 30.3 Å². The lowest BCUT2D eigenvalue weighted by molar-refractivity contribution is 0.106. The van der Waals surface area contributed by atoms with Gasteiger partial charge in [-0.15, -0.1) is 0 Å². The lowest BCUT2D eigenvalue weighted by Crippen LogP contribution is -2.34. The number of benzene rings is 2. The molecule has 4 rings (SSSR count). The molecule has 2 aromatic carbocycles. The standard InChI is InChI=1S/C22H28N2O5S/c1-28-21-11-15-6-8-23(13-18(15)12-22(21)29-2)14-20(25)17-4-5-19-16(10-17)7-9-24(19)30(3,26)27/h4-5,10-12,20,25H,6-9,13-14H2,1-3H3. The molecule has 0 amide bonds. The molecule has 0 fully saturated rings. The van der Waals surface area contributed by atoms with Crippen LogP contribution in [0.5, 0.6) is 11.5 Å². The van der Waals surface area contributed by atoms with Crippen molar-refractivity contribution >= 4 is 15.7 Å². The Bertz CT molecular complexity index is 1050. The molecule has 1 N–H and O–H groups in total. The molecule has 1 unspecified atom stereocenters. The molecule has 2 heterocycles. The smallest absolute Gasteiger partial charge is 0.232 e. The van der Waals surface area contributed by atoms with Crippen LogP contribution >= 0.6 is 0 Å². The molecule has 162 valence electrons. The van der Waals surface area contributed by atoms with Gasteiger partial charge in [0.1, 0.15) is 0 Å². The number of ether oxygens (including phenoxy) is 2. The molecule has 2 aromatic rings. The van der Waals surface area contributed by atoms with Crippen molar-refractivity contribution in [3.05, 3.63) is 52.6 Å². The molecule has 0 saturated heterocycles. The summed E-state index contributed by atoms with van der Waals surface area (Å²) in [6.45, 7) is 2.57. The lowest BCUT2D eigenvalue weighted by atomic mass is 9.97. The fourth-order valence-corrected chi connectivity index (χ4v) is 5.35. The van der Waals surface area contributed by atoms with Crippen LogP contribution in [0.2, 0.25) is 0 Å². The first-order valence-electron chi connectivity index (χ1n) is 10.0. The zero-order valence-electron chi connectivity index (χ0n) is 17.6.